The average Bonchev–Trinajstić information content (AvgIpc) is 2.64. The zero-order chi connectivity index (χ0) is 20.6. The molecule has 1 atom stereocenters. The van der Waals surface area contributed by atoms with Gasteiger partial charge in [0.2, 0.25) is 0 Å². The summed E-state index contributed by atoms with van der Waals surface area (Å²) in [7, 11) is 1.67. The van der Waals surface area contributed by atoms with E-state index < -0.39 is 21.9 Å². The minimum Gasteiger partial charge on any atom is -0.591 e. The summed E-state index contributed by atoms with van der Waals surface area (Å²) in [5.41, 5.74) is 0.908. The van der Waals surface area contributed by atoms with Crippen LogP contribution < -0.4 is 5.56 Å². The monoisotopic (exact) mass is 407 g/mol. The highest BCUT2D eigenvalue weighted by molar-refractivity contribution is 7.91. The van der Waals surface area contributed by atoms with Gasteiger partial charge in [0, 0.05) is 31.7 Å². The van der Waals surface area contributed by atoms with Crippen LogP contribution >= 0.6 is 0 Å². The third kappa shape index (κ3) is 4.14. The van der Waals surface area contributed by atoms with E-state index in [0.717, 1.165) is 12.8 Å². The number of hydrogen-bond donors (Lipinski definition) is 0. The van der Waals surface area contributed by atoms with Crippen molar-refractivity contribution in [3.8, 4) is 0 Å². The lowest BCUT2D eigenvalue weighted by Gasteiger charge is -2.24. The molecular formula is C20H26FN3O3S. The zero-order valence-corrected chi connectivity index (χ0v) is 17.7. The number of nitrogens with zero attached hydrogens (tertiary/aromatic N) is 3. The standard InChI is InChI=1S/C20H26FN3O3S/c1-12(23-28(26)20(2,3)4)15-10-14(21)11-16-17(15)22-18(24(5)19(16)25)13-6-8-27-9-7-13/h10-11,13H,6-9H2,1-5H3/b23-12-/t28-/m1/s1. The van der Waals surface area contributed by atoms with E-state index in [-0.39, 0.29) is 16.9 Å². The lowest BCUT2D eigenvalue weighted by atomic mass is 9.98. The summed E-state index contributed by atoms with van der Waals surface area (Å²) in [6.07, 6.45) is 1.56. The van der Waals surface area contributed by atoms with Gasteiger partial charge in [0.15, 0.2) is 0 Å². The highest BCUT2D eigenvalue weighted by Crippen LogP contribution is 2.27. The lowest BCUT2D eigenvalue weighted by Crippen LogP contribution is -2.28. The van der Waals surface area contributed by atoms with Crippen molar-refractivity contribution in [3.05, 3.63) is 39.7 Å². The van der Waals surface area contributed by atoms with Gasteiger partial charge >= 0.3 is 0 Å². The van der Waals surface area contributed by atoms with Gasteiger partial charge in [-0.15, -0.1) is 0 Å². The molecule has 2 heterocycles. The minimum atomic E-state index is -1.50. The predicted molar refractivity (Wildman–Crippen MR) is 110 cm³/mol. The second-order valence-electron chi connectivity index (χ2n) is 8.11. The molecule has 0 aliphatic carbocycles. The van der Waals surface area contributed by atoms with E-state index in [2.05, 4.69) is 4.40 Å². The van der Waals surface area contributed by atoms with Crippen molar-refractivity contribution in [1.82, 2.24) is 9.55 Å². The number of aromatic nitrogens is 2. The van der Waals surface area contributed by atoms with Crippen molar-refractivity contribution < 1.29 is 13.7 Å². The first-order valence-corrected chi connectivity index (χ1v) is 10.5. The molecule has 1 saturated heterocycles. The summed E-state index contributed by atoms with van der Waals surface area (Å²) in [6.45, 7) is 8.38. The number of benzene rings is 1. The fraction of sp³-hybridized carbons (Fsp3) is 0.550. The molecule has 1 aliphatic heterocycles. The Kier molecular flexibility index (Phi) is 5.93. The number of fused-ring (bicyclic) bond motifs is 1. The largest absolute Gasteiger partial charge is 0.591 e. The van der Waals surface area contributed by atoms with Crippen molar-refractivity contribution in [2.75, 3.05) is 13.2 Å². The van der Waals surface area contributed by atoms with Gasteiger partial charge in [-0.05, 0) is 52.7 Å². The summed E-state index contributed by atoms with van der Waals surface area (Å²) in [6, 6.07) is 2.51. The van der Waals surface area contributed by atoms with Crippen LogP contribution in [-0.4, -0.2) is 37.8 Å². The fourth-order valence-electron chi connectivity index (χ4n) is 3.26. The number of ether oxygens (including phenoxy) is 1. The van der Waals surface area contributed by atoms with E-state index in [4.69, 9.17) is 9.72 Å². The third-order valence-corrected chi connectivity index (χ3v) is 6.39. The highest BCUT2D eigenvalue weighted by Gasteiger charge is 2.28. The van der Waals surface area contributed by atoms with Crippen LogP contribution in [0.5, 0.6) is 0 Å². The first-order valence-electron chi connectivity index (χ1n) is 9.35. The molecule has 3 rings (SSSR count). The Balaban J connectivity index is 2.21. The van der Waals surface area contributed by atoms with Gasteiger partial charge in [0.05, 0.1) is 16.6 Å². The first-order chi connectivity index (χ1) is 13.1. The van der Waals surface area contributed by atoms with Gasteiger partial charge in [0.1, 0.15) is 27.8 Å². The van der Waals surface area contributed by atoms with E-state index in [1.807, 2.05) is 20.8 Å². The van der Waals surface area contributed by atoms with Crippen LogP contribution in [0.3, 0.4) is 0 Å². The summed E-state index contributed by atoms with van der Waals surface area (Å²) < 4.78 is 37.3. The Morgan fingerprint density at radius 2 is 2.00 bits per heavy atom. The van der Waals surface area contributed by atoms with Crippen molar-refractivity contribution in [2.45, 2.75) is 51.2 Å². The van der Waals surface area contributed by atoms with Crippen LogP contribution in [0, 0.1) is 5.82 Å². The minimum absolute atomic E-state index is 0.106. The predicted octanol–water partition coefficient (Wildman–Crippen LogP) is 3.24. The molecule has 1 aromatic carbocycles. The van der Waals surface area contributed by atoms with E-state index in [0.29, 0.717) is 35.8 Å². The van der Waals surface area contributed by atoms with Crippen molar-refractivity contribution in [1.29, 1.82) is 0 Å². The van der Waals surface area contributed by atoms with E-state index in [1.54, 1.807) is 14.0 Å². The molecule has 0 amide bonds. The summed E-state index contributed by atoms with van der Waals surface area (Å²) in [5.74, 6) is 0.226. The van der Waals surface area contributed by atoms with Crippen LogP contribution in [0.4, 0.5) is 4.39 Å². The molecule has 6 nitrogen and oxygen atoms in total. The van der Waals surface area contributed by atoms with Crippen LogP contribution in [0.15, 0.2) is 21.3 Å². The highest BCUT2D eigenvalue weighted by atomic mass is 32.2. The Bertz CT molecular complexity index is 975. The number of halogens is 1. The lowest BCUT2D eigenvalue weighted by molar-refractivity contribution is 0.0828. The second-order valence-corrected chi connectivity index (χ2v) is 10.0. The maximum Gasteiger partial charge on any atom is 0.261 e. The van der Waals surface area contributed by atoms with Crippen molar-refractivity contribution >= 4 is 28.0 Å². The van der Waals surface area contributed by atoms with Crippen molar-refractivity contribution in [2.24, 2.45) is 11.4 Å². The molecule has 0 bridgehead atoms. The van der Waals surface area contributed by atoms with E-state index >= 15 is 0 Å². The molecule has 152 valence electrons. The Hall–Kier alpha value is -1.77. The topological polar surface area (TPSA) is 79.5 Å². The average molecular weight is 408 g/mol. The van der Waals surface area contributed by atoms with Crippen molar-refractivity contribution in [3.63, 3.8) is 0 Å². The Morgan fingerprint density at radius 1 is 1.36 bits per heavy atom. The molecule has 0 unspecified atom stereocenters. The van der Waals surface area contributed by atoms with Crippen LogP contribution in [-0.2, 0) is 23.1 Å². The summed E-state index contributed by atoms with van der Waals surface area (Å²) >= 11 is -1.50. The molecule has 1 aromatic heterocycles. The normalized spacial score (nSPS) is 17.9. The zero-order valence-electron chi connectivity index (χ0n) is 16.9. The van der Waals surface area contributed by atoms with Gasteiger partial charge in [-0.25, -0.2) is 9.37 Å². The summed E-state index contributed by atoms with van der Waals surface area (Å²) in [4.78, 5) is 17.7. The third-order valence-electron chi connectivity index (χ3n) is 4.90. The Morgan fingerprint density at radius 3 is 2.61 bits per heavy atom. The van der Waals surface area contributed by atoms with Gasteiger partial charge in [-0.2, -0.15) is 0 Å². The molecular weight excluding hydrogens is 381 g/mol. The molecule has 1 aliphatic rings. The molecule has 0 N–H and O–H groups in total. The maximum atomic E-state index is 14.3. The van der Waals surface area contributed by atoms with E-state index in [9.17, 15) is 13.7 Å². The maximum absolute atomic E-state index is 14.3. The molecule has 8 heteroatoms. The quantitative estimate of drug-likeness (QED) is 0.578. The van der Waals surface area contributed by atoms with Crippen LogP contribution in [0.25, 0.3) is 10.9 Å². The fourth-order valence-corrected chi connectivity index (χ4v) is 3.89. The molecule has 0 radical (unpaired) electrons. The van der Waals surface area contributed by atoms with E-state index in [1.165, 1.54) is 16.7 Å². The number of rotatable bonds is 3. The van der Waals surface area contributed by atoms with Crippen LogP contribution in [0.1, 0.15) is 57.8 Å². The molecule has 1 fully saturated rings. The molecule has 28 heavy (non-hydrogen) atoms. The molecule has 0 spiro atoms. The van der Waals surface area contributed by atoms with Gasteiger partial charge in [-0.3, -0.25) is 9.36 Å². The summed E-state index contributed by atoms with van der Waals surface area (Å²) in [5, 5.41) is 0.199. The SMILES string of the molecule is C/C(=N/[S@+]([O-])C(C)(C)C)c1cc(F)cc2c(=O)n(C)c(C3CCOCC3)nc12. The van der Waals surface area contributed by atoms with Gasteiger partial charge in [0.25, 0.3) is 5.56 Å². The molecule has 0 saturated carbocycles. The van der Waals surface area contributed by atoms with Gasteiger partial charge < -0.3 is 9.29 Å². The Labute approximate surface area is 167 Å². The molecule has 2 aromatic rings. The van der Waals surface area contributed by atoms with Crippen LogP contribution in [0.2, 0.25) is 0 Å². The number of hydrogen-bond acceptors (Lipinski definition) is 5. The smallest absolute Gasteiger partial charge is 0.261 e. The second kappa shape index (κ2) is 7.93. The first kappa shape index (κ1) is 21.0. The van der Waals surface area contributed by atoms with Gasteiger partial charge in [-0.1, -0.05) is 4.40 Å².